The van der Waals surface area contributed by atoms with E-state index in [1.807, 2.05) is 0 Å². The van der Waals surface area contributed by atoms with Crippen LogP contribution in [0.3, 0.4) is 0 Å². The molecule has 7 nitrogen and oxygen atoms in total. The fraction of sp³-hybridized carbons (Fsp3) is 0.471. The summed E-state index contributed by atoms with van der Waals surface area (Å²) in [5.74, 6) is 0.463. The Morgan fingerprint density at radius 3 is 2.76 bits per heavy atom. The lowest BCUT2D eigenvalue weighted by Gasteiger charge is -2.31. The number of thiazole rings is 1. The van der Waals surface area contributed by atoms with Crippen LogP contribution in [-0.4, -0.2) is 44.8 Å². The van der Waals surface area contributed by atoms with E-state index in [4.69, 9.17) is 4.98 Å². The van der Waals surface area contributed by atoms with Crippen LogP contribution in [0, 0.1) is 0 Å². The predicted molar refractivity (Wildman–Crippen MR) is 91.6 cm³/mol. The van der Waals surface area contributed by atoms with E-state index in [1.165, 1.54) is 24.2 Å². The van der Waals surface area contributed by atoms with Crippen molar-refractivity contribution in [1.29, 1.82) is 0 Å². The molecule has 5 rings (SSSR count). The predicted octanol–water partition coefficient (Wildman–Crippen LogP) is 1.94. The molecule has 1 spiro atoms. The highest BCUT2D eigenvalue weighted by Gasteiger charge is 2.54. The number of fused-ring (bicyclic) bond motifs is 2. The summed E-state index contributed by atoms with van der Waals surface area (Å²) in [5.41, 5.74) is 0.976. The fourth-order valence-corrected chi connectivity index (χ4v) is 4.70. The second-order valence-corrected chi connectivity index (χ2v) is 8.10. The molecule has 2 fully saturated rings. The average Bonchev–Trinajstić information content (AvgIpc) is 3.53. The number of nitrogens with one attached hydrogen (secondary N) is 1. The van der Waals surface area contributed by atoms with Gasteiger partial charge in [0.1, 0.15) is 11.4 Å². The first-order valence-corrected chi connectivity index (χ1v) is 9.34. The molecule has 0 aromatic carbocycles. The number of anilines is 1. The molecule has 2 aliphatic carbocycles. The molecule has 128 valence electrons. The van der Waals surface area contributed by atoms with E-state index >= 15 is 0 Å². The maximum absolute atomic E-state index is 12.9. The van der Waals surface area contributed by atoms with Crippen molar-refractivity contribution >= 4 is 29.1 Å². The largest absolute Gasteiger partial charge is 0.328 e. The van der Waals surface area contributed by atoms with Gasteiger partial charge in [-0.25, -0.2) is 15.0 Å². The maximum atomic E-state index is 12.9. The highest BCUT2D eigenvalue weighted by Crippen LogP contribution is 2.54. The highest BCUT2D eigenvalue weighted by atomic mass is 32.1. The Kier molecular flexibility index (Phi) is 3.18. The van der Waals surface area contributed by atoms with Gasteiger partial charge in [0.05, 0.1) is 10.7 Å². The molecule has 2 saturated carbocycles. The van der Waals surface area contributed by atoms with Crippen LogP contribution in [-0.2, 0) is 10.2 Å². The minimum absolute atomic E-state index is 0.0175. The zero-order chi connectivity index (χ0) is 17.0. The molecule has 0 saturated heterocycles. The summed E-state index contributed by atoms with van der Waals surface area (Å²) in [6.07, 6.45) is 7.57. The Balaban J connectivity index is 1.36. The monoisotopic (exact) mass is 355 g/mol. The van der Waals surface area contributed by atoms with Crippen LogP contribution in [0.5, 0.6) is 0 Å². The molecule has 1 aliphatic heterocycles. The van der Waals surface area contributed by atoms with E-state index in [0.717, 1.165) is 28.4 Å². The normalized spacial score (nSPS) is 20.5. The highest BCUT2D eigenvalue weighted by molar-refractivity contribution is 7.14. The number of carbonyl (C=O) groups is 2. The van der Waals surface area contributed by atoms with Crippen LogP contribution in [0.2, 0.25) is 0 Å². The van der Waals surface area contributed by atoms with Crippen molar-refractivity contribution in [3.8, 4) is 0 Å². The molecular formula is C17H17N5O2S. The first-order chi connectivity index (χ1) is 12.1. The molecule has 2 aromatic heterocycles. The summed E-state index contributed by atoms with van der Waals surface area (Å²) in [6, 6.07) is 1.68. The molecule has 0 radical (unpaired) electrons. The van der Waals surface area contributed by atoms with Crippen molar-refractivity contribution in [2.75, 3.05) is 18.4 Å². The van der Waals surface area contributed by atoms with E-state index in [9.17, 15) is 9.59 Å². The van der Waals surface area contributed by atoms with E-state index in [0.29, 0.717) is 12.5 Å². The van der Waals surface area contributed by atoms with E-state index in [2.05, 4.69) is 15.3 Å². The third-order valence-electron chi connectivity index (χ3n) is 5.05. The van der Waals surface area contributed by atoms with Gasteiger partial charge in [-0.3, -0.25) is 14.9 Å². The molecule has 3 aliphatic rings. The summed E-state index contributed by atoms with van der Waals surface area (Å²) in [5, 5.41) is 3.75. The van der Waals surface area contributed by atoms with Crippen molar-refractivity contribution < 1.29 is 9.59 Å². The molecule has 3 heterocycles. The lowest BCUT2D eigenvalue weighted by Crippen LogP contribution is -2.46. The topological polar surface area (TPSA) is 88.1 Å². The van der Waals surface area contributed by atoms with Gasteiger partial charge in [-0.05, 0) is 31.7 Å². The second kappa shape index (κ2) is 5.32. The van der Waals surface area contributed by atoms with Crippen molar-refractivity contribution in [2.24, 2.45) is 0 Å². The quantitative estimate of drug-likeness (QED) is 0.905. The molecule has 1 N–H and O–H groups in total. The summed E-state index contributed by atoms with van der Waals surface area (Å²) >= 11 is 1.53. The zero-order valence-electron chi connectivity index (χ0n) is 13.6. The van der Waals surface area contributed by atoms with Gasteiger partial charge in [-0.2, -0.15) is 0 Å². The Morgan fingerprint density at radius 1 is 1.32 bits per heavy atom. The van der Waals surface area contributed by atoms with Crippen LogP contribution in [0.25, 0.3) is 0 Å². The molecule has 2 aromatic rings. The van der Waals surface area contributed by atoms with Crippen molar-refractivity contribution in [3.05, 3.63) is 34.0 Å². The van der Waals surface area contributed by atoms with Crippen molar-refractivity contribution in [2.45, 2.75) is 37.0 Å². The van der Waals surface area contributed by atoms with Crippen molar-refractivity contribution in [3.63, 3.8) is 0 Å². The summed E-state index contributed by atoms with van der Waals surface area (Å²) in [6.45, 7) is 0.602. The third-order valence-corrected chi connectivity index (χ3v) is 6.26. The Labute approximate surface area is 148 Å². The first kappa shape index (κ1) is 14.9. The number of nitrogens with zero attached hydrogens (tertiary/aromatic N) is 4. The van der Waals surface area contributed by atoms with Crippen LogP contribution in [0.1, 0.15) is 52.0 Å². The average molecular weight is 355 g/mol. The van der Waals surface area contributed by atoms with Gasteiger partial charge < -0.3 is 4.90 Å². The number of hydrogen-bond acceptors (Lipinski definition) is 6. The molecule has 2 amide bonds. The zero-order valence-corrected chi connectivity index (χ0v) is 14.4. The summed E-state index contributed by atoms with van der Waals surface area (Å²) in [7, 11) is 0. The smallest absolute Gasteiger partial charge is 0.266 e. The second-order valence-electron chi connectivity index (χ2n) is 7.07. The number of amides is 2. The fourth-order valence-electron chi connectivity index (χ4n) is 3.38. The lowest BCUT2D eigenvalue weighted by molar-refractivity contribution is -0.117. The van der Waals surface area contributed by atoms with Crippen LogP contribution in [0.15, 0.2) is 18.5 Å². The third kappa shape index (κ3) is 2.60. The molecule has 0 bridgehead atoms. The van der Waals surface area contributed by atoms with Gasteiger partial charge in [0.25, 0.3) is 5.91 Å². The molecule has 0 unspecified atom stereocenters. The number of rotatable bonds is 4. The maximum Gasteiger partial charge on any atom is 0.266 e. The molecule has 25 heavy (non-hydrogen) atoms. The molecular weight excluding hydrogens is 338 g/mol. The summed E-state index contributed by atoms with van der Waals surface area (Å²) < 4.78 is 0. The van der Waals surface area contributed by atoms with Crippen LogP contribution >= 0.6 is 11.3 Å². The minimum atomic E-state index is -0.272. The van der Waals surface area contributed by atoms with Crippen LogP contribution < -0.4 is 5.32 Å². The number of carbonyl (C=O) groups excluding carboxylic acids is 2. The standard InChI is InChI=1S/C17H17N5O2S/c23-11(20-16-18-6-1-7-19-16)8-22-9-17(4-5-17)13-12(15(22)24)25-14(21-13)10-2-3-10/h1,6-7,10H,2-5,8-9H2,(H,18,19,20,23). The number of hydrogen-bond donors (Lipinski definition) is 1. The summed E-state index contributed by atoms with van der Waals surface area (Å²) in [4.78, 5) is 40.3. The first-order valence-electron chi connectivity index (χ1n) is 8.52. The van der Waals surface area contributed by atoms with E-state index < -0.39 is 0 Å². The van der Waals surface area contributed by atoms with Gasteiger partial charge >= 0.3 is 0 Å². The number of aromatic nitrogens is 3. The van der Waals surface area contributed by atoms with E-state index in [-0.39, 0.29) is 29.7 Å². The van der Waals surface area contributed by atoms with Gasteiger partial charge in [-0.1, -0.05) is 0 Å². The van der Waals surface area contributed by atoms with Gasteiger partial charge in [0, 0.05) is 30.3 Å². The Bertz CT molecular complexity index is 857. The van der Waals surface area contributed by atoms with Gasteiger partial charge in [0.15, 0.2) is 0 Å². The van der Waals surface area contributed by atoms with Gasteiger partial charge in [-0.15, -0.1) is 11.3 Å². The molecule has 0 atom stereocenters. The van der Waals surface area contributed by atoms with E-state index in [1.54, 1.807) is 23.4 Å². The SMILES string of the molecule is O=C(CN1CC2(CC2)c2nc(C3CC3)sc2C1=O)Nc1ncccn1. The van der Waals surface area contributed by atoms with Crippen LogP contribution in [0.4, 0.5) is 5.95 Å². The van der Waals surface area contributed by atoms with Crippen molar-refractivity contribution in [1.82, 2.24) is 19.9 Å². The Hall–Kier alpha value is -2.35. The van der Waals surface area contributed by atoms with Gasteiger partial charge in [0.2, 0.25) is 11.9 Å². The minimum Gasteiger partial charge on any atom is -0.328 e. The molecule has 8 heteroatoms. The lowest BCUT2D eigenvalue weighted by atomic mass is 9.96. The Morgan fingerprint density at radius 2 is 2.08 bits per heavy atom.